The first-order chi connectivity index (χ1) is 19.0. The van der Waals surface area contributed by atoms with Crippen LogP contribution in [0.5, 0.6) is 0 Å². The highest BCUT2D eigenvalue weighted by molar-refractivity contribution is 7.99. The summed E-state index contributed by atoms with van der Waals surface area (Å²) in [5, 5.41) is 4.40. The monoisotopic (exact) mass is 551 g/mol. The van der Waals surface area contributed by atoms with Gasteiger partial charge in [-0.3, -0.25) is 19.0 Å². The Morgan fingerprint density at radius 2 is 1.56 bits per heavy atom. The van der Waals surface area contributed by atoms with E-state index in [1.807, 2.05) is 48.5 Å². The molecule has 4 aromatic carbocycles. The summed E-state index contributed by atoms with van der Waals surface area (Å²) in [6.45, 7) is 0. The maximum Gasteiger partial charge on any atom is 0.266 e. The highest BCUT2D eigenvalue weighted by Gasteiger charge is 2.15. The summed E-state index contributed by atoms with van der Waals surface area (Å²) in [6.07, 6.45) is 3.22. The second-order valence-electron chi connectivity index (χ2n) is 8.55. The molecule has 0 aliphatic rings. The molecule has 0 spiro atoms. The average molecular weight is 552 g/mol. The van der Waals surface area contributed by atoms with Gasteiger partial charge in [0.2, 0.25) is 5.91 Å². The van der Waals surface area contributed by atoms with E-state index in [0.29, 0.717) is 38.0 Å². The molecule has 0 fully saturated rings. The topological polar surface area (TPSA) is 81.1 Å². The van der Waals surface area contributed by atoms with Crippen LogP contribution in [-0.2, 0) is 4.79 Å². The van der Waals surface area contributed by atoms with Crippen LogP contribution in [0, 0.1) is 0 Å². The molecule has 0 unspecified atom stereocenters. The lowest BCUT2D eigenvalue weighted by atomic mass is 10.1. The molecule has 0 bridgehead atoms. The predicted octanol–water partition coefficient (Wildman–Crippen LogP) is 6.67. The Kier molecular flexibility index (Phi) is 8.01. The van der Waals surface area contributed by atoms with Crippen molar-refractivity contribution in [2.24, 2.45) is 0 Å². The molecule has 0 saturated carbocycles. The minimum atomic E-state index is -0.260. The van der Waals surface area contributed by atoms with Crippen molar-refractivity contribution in [2.45, 2.75) is 5.16 Å². The van der Waals surface area contributed by atoms with Gasteiger partial charge in [-0.25, -0.2) is 4.98 Å². The van der Waals surface area contributed by atoms with Crippen LogP contribution in [0.4, 0.5) is 5.69 Å². The lowest BCUT2D eigenvalue weighted by Gasteiger charge is -2.13. The molecule has 39 heavy (non-hydrogen) atoms. The normalized spacial score (nSPS) is 11.1. The van der Waals surface area contributed by atoms with Crippen molar-refractivity contribution in [1.82, 2.24) is 9.55 Å². The van der Waals surface area contributed by atoms with Crippen molar-refractivity contribution in [3.8, 4) is 5.69 Å². The van der Waals surface area contributed by atoms with Crippen LogP contribution in [0.3, 0.4) is 0 Å². The molecular formula is C31H22ClN3O3S. The number of nitrogens with one attached hydrogen (secondary N) is 1. The molecule has 1 aromatic heterocycles. The molecule has 0 aliphatic heterocycles. The number of allylic oxidation sites excluding steroid dienone is 1. The van der Waals surface area contributed by atoms with Gasteiger partial charge in [0.15, 0.2) is 10.9 Å². The summed E-state index contributed by atoms with van der Waals surface area (Å²) in [6, 6.07) is 30.2. The zero-order valence-corrected chi connectivity index (χ0v) is 22.2. The third-order valence-corrected chi connectivity index (χ3v) is 7.03. The number of rotatable bonds is 8. The zero-order chi connectivity index (χ0) is 27.2. The van der Waals surface area contributed by atoms with E-state index in [1.165, 1.54) is 22.4 Å². The van der Waals surface area contributed by atoms with Crippen LogP contribution in [0.25, 0.3) is 22.7 Å². The number of carbonyl (C=O) groups is 2. The summed E-state index contributed by atoms with van der Waals surface area (Å²) in [5.41, 5.74) is 2.98. The Labute approximate surface area is 234 Å². The molecule has 8 heteroatoms. The molecule has 5 rings (SSSR count). The Balaban J connectivity index is 1.26. The van der Waals surface area contributed by atoms with E-state index in [0.717, 1.165) is 5.56 Å². The average Bonchev–Trinajstić information content (AvgIpc) is 2.96. The molecule has 0 aliphatic carbocycles. The van der Waals surface area contributed by atoms with E-state index < -0.39 is 0 Å². The Hall–Kier alpha value is -4.46. The number of halogens is 1. The number of benzene rings is 4. The van der Waals surface area contributed by atoms with Gasteiger partial charge in [-0.15, -0.1) is 0 Å². The van der Waals surface area contributed by atoms with Gasteiger partial charge in [-0.1, -0.05) is 71.9 Å². The van der Waals surface area contributed by atoms with Crippen LogP contribution in [0.15, 0.2) is 119 Å². The van der Waals surface area contributed by atoms with Gasteiger partial charge in [-0.05, 0) is 72.3 Å². The van der Waals surface area contributed by atoms with Gasteiger partial charge in [0.1, 0.15) is 0 Å². The minimum absolute atomic E-state index is 0.0438. The largest absolute Gasteiger partial charge is 0.325 e. The van der Waals surface area contributed by atoms with E-state index >= 15 is 0 Å². The first kappa shape index (κ1) is 26.2. The smallest absolute Gasteiger partial charge is 0.266 e. The van der Waals surface area contributed by atoms with Crippen molar-refractivity contribution in [3.05, 3.63) is 136 Å². The molecule has 1 heterocycles. The standard InChI is InChI=1S/C31H22ClN3O3S/c32-23-15-10-21(11-16-23)12-19-28(36)22-13-17-24(18-14-22)33-29(37)20-39-31-34-27-9-5-4-8-26(27)30(38)35(31)25-6-2-1-3-7-25/h1-19H,20H2,(H,33,37)/b19-12+. The highest BCUT2D eigenvalue weighted by Crippen LogP contribution is 2.22. The SMILES string of the molecule is O=C(CSc1nc2ccccc2c(=O)n1-c1ccccc1)Nc1ccc(C(=O)/C=C/c2ccc(Cl)cc2)cc1. The number of hydrogen-bond acceptors (Lipinski definition) is 5. The number of fused-ring (bicyclic) bond motifs is 1. The quantitative estimate of drug-likeness (QED) is 0.101. The third-order valence-electron chi connectivity index (χ3n) is 5.84. The number of aromatic nitrogens is 2. The van der Waals surface area contributed by atoms with Crippen molar-refractivity contribution in [3.63, 3.8) is 0 Å². The fraction of sp³-hybridized carbons (Fsp3) is 0.0323. The molecular weight excluding hydrogens is 530 g/mol. The molecule has 1 N–H and O–H groups in total. The van der Waals surface area contributed by atoms with Gasteiger partial charge in [0.05, 0.1) is 22.3 Å². The van der Waals surface area contributed by atoms with Crippen LogP contribution < -0.4 is 10.9 Å². The third kappa shape index (κ3) is 6.34. The van der Waals surface area contributed by atoms with Gasteiger partial charge in [-0.2, -0.15) is 0 Å². The van der Waals surface area contributed by atoms with Crippen molar-refractivity contribution >= 4 is 57.7 Å². The summed E-state index contributed by atoms with van der Waals surface area (Å²) < 4.78 is 1.53. The number of carbonyl (C=O) groups excluding carboxylic acids is 2. The van der Waals surface area contributed by atoms with Gasteiger partial charge in [0, 0.05) is 16.3 Å². The number of amides is 1. The van der Waals surface area contributed by atoms with Crippen LogP contribution >= 0.6 is 23.4 Å². The highest BCUT2D eigenvalue weighted by atomic mass is 35.5. The maximum absolute atomic E-state index is 13.3. The van der Waals surface area contributed by atoms with Crippen molar-refractivity contribution in [2.75, 3.05) is 11.1 Å². The van der Waals surface area contributed by atoms with Gasteiger partial charge in [0.25, 0.3) is 5.56 Å². The second kappa shape index (κ2) is 11.9. The molecule has 0 atom stereocenters. The van der Waals surface area contributed by atoms with E-state index in [4.69, 9.17) is 11.6 Å². The number of anilines is 1. The maximum atomic E-state index is 13.3. The first-order valence-electron chi connectivity index (χ1n) is 12.1. The van der Waals surface area contributed by atoms with Crippen molar-refractivity contribution < 1.29 is 9.59 Å². The molecule has 6 nitrogen and oxygen atoms in total. The number of ketones is 1. The van der Waals surface area contributed by atoms with Crippen LogP contribution in [-0.4, -0.2) is 27.0 Å². The fourth-order valence-electron chi connectivity index (χ4n) is 3.90. The Morgan fingerprint density at radius 3 is 2.31 bits per heavy atom. The summed E-state index contributed by atoms with van der Waals surface area (Å²) in [7, 11) is 0. The Bertz CT molecular complexity index is 1730. The summed E-state index contributed by atoms with van der Waals surface area (Å²) in [5.74, 6) is -0.370. The van der Waals surface area contributed by atoms with Gasteiger partial charge < -0.3 is 5.32 Å². The van der Waals surface area contributed by atoms with Crippen molar-refractivity contribution in [1.29, 1.82) is 0 Å². The van der Waals surface area contributed by atoms with Crippen LogP contribution in [0.1, 0.15) is 15.9 Å². The molecule has 0 saturated heterocycles. The molecule has 0 radical (unpaired) electrons. The number of hydrogen-bond donors (Lipinski definition) is 1. The lowest BCUT2D eigenvalue weighted by Crippen LogP contribution is -2.22. The number of para-hydroxylation sites is 2. The number of nitrogens with zero attached hydrogens (tertiary/aromatic N) is 2. The zero-order valence-electron chi connectivity index (χ0n) is 20.6. The van der Waals surface area contributed by atoms with E-state index in [9.17, 15) is 14.4 Å². The van der Waals surface area contributed by atoms with E-state index in [1.54, 1.807) is 60.7 Å². The molecule has 192 valence electrons. The van der Waals surface area contributed by atoms with Gasteiger partial charge >= 0.3 is 0 Å². The van der Waals surface area contributed by atoms with E-state index in [-0.39, 0.29) is 23.0 Å². The van der Waals surface area contributed by atoms with E-state index in [2.05, 4.69) is 10.3 Å². The second-order valence-corrected chi connectivity index (χ2v) is 9.93. The Morgan fingerprint density at radius 1 is 0.872 bits per heavy atom. The predicted molar refractivity (Wildman–Crippen MR) is 158 cm³/mol. The number of thioether (sulfide) groups is 1. The lowest BCUT2D eigenvalue weighted by molar-refractivity contribution is -0.113. The molecule has 5 aromatic rings. The fourth-order valence-corrected chi connectivity index (χ4v) is 4.84. The minimum Gasteiger partial charge on any atom is -0.325 e. The summed E-state index contributed by atoms with van der Waals surface area (Å²) in [4.78, 5) is 43.2. The summed E-state index contributed by atoms with van der Waals surface area (Å²) >= 11 is 7.07. The first-order valence-corrected chi connectivity index (χ1v) is 13.4. The molecule has 1 amide bonds. The van der Waals surface area contributed by atoms with Crippen LogP contribution in [0.2, 0.25) is 5.02 Å².